The van der Waals surface area contributed by atoms with Crippen LogP contribution in [0.1, 0.15) is 33.3 Å². The molecule has 2 rings (SSSR count). The second-order valence-corrected chi connectivity index (χ2v) is 7.54. The molecule has 1 heterocycles. The van der Waals surface area contributed by atoms with Crippen molar-refractivity contribution in [3.8, 4) is 0 Å². The molecule has 0 bridgehead atoms. The molecule has 0 aliphatic carbocycles. The molecule has 0 saturated carbocycles. The first-order valence-electron chi connectivity index (χ1n) is 7.21. The van der Waals surface area contributed by atoms with Gasteiger partial charge >= 0.3 is 0 Å². The molecule has 0 amide bonds. The van der Waals surface area contributed by atoms with Gasteiger partial charge in [0.2, 0.25) is 0 Å². The maximum absolute atomic E-state index is 6.12. The van der Waals surface area contributed by atoms with Crippen molar-refractivity contribution in [1.82, 2.24) is 10.2 Å². The van der Waals surface area contributed by atoms with Crippen LogP contribution >= 0.6 is 23.2 Å². The summed E-state index contributed by atoms with van der Waals surface area (Å²) in [6.07, 6.45) is 0. The molecule has 1 aliphatic rings. The maximum atomic E-state index is 6.12. The molecule has 0 spiro atoms. The van der Waals surface area contributed by atoms with Gasteiger partial charge < -0.3 is 5.32 Å². The van der Waals surface area contributed by atoms with E-state index in [0.717, 1.165) is 19.6 Å². The number of benzene rings is 1. The van der Waals surface area contributed by atoms with Crippen molar-refractivity contribution in [2.24, 2.45) is 5.92 Å². The molecule has 1 unspecified atom stereocenters. The fourth-order valence-corrected chi connectivity index (χ4v) is 3.21. The first-order chi connectivity index (χ1) is 9.28. The van der Waals surface area contributed by atoms with E-state index in [1.807, 2.05) is 12.1 Å². The molecule has 4 heteroatoms. The Labute approximate surface area is 132 Å². The fourth-order valence-electron chi connectivity index (χ4n) is 2.89. The van der Waals surface area contributed by atoms with Crippen molar-refractivity contribution >= 4 is 23.2 Å². The minimum Gasteiger partial charge on any atom is -0.309 e. The van der Waals surface area contributed by atoms with Gasteiger partial charge in [-0.05, 0) is 37.5 Å². The number of nitrogens with zero attached hydrogens (tertiary/aromatic N) is 1. The predicted molar refractivity (Wildman–Crippen MR) is 87.6 cm³/mol. The number of hydrogen-bond donors (Lipinski definition) is 1. The van der Waals surface area contributed by atoms with E-state index in [2.05, 4.69) is 44.0 Å². The molecule has 112 valence electrons. The van der Waals surface area contributed by atoms with E-state index in [1.54, 1.807) is 0 Å². The summed E-state index contributed by atoms with van der Waals surface area (Å²) in [5.41, 5.74) is 1.38. The molecule has 1 aromatic carbocycles. The summed E-state index contributed by atoms with van der Waals surface area (Å²) in [6.45, 7) is 12.1. The largest absolute Gasteiger partial charge is 0.309 e. The van der Waals surface area contributed by atoms with Crippen molar-refractivity contribution in [2.45, 2.75) is 45.8 Å². The molecule has 20 heavy (non-hydrogen) atoms. The predicted octanol–water partition coefficient (Wildman–Crippen LogP) is 4.20. The lowest BCUT2D eigenvalue weighted by Crippen LogP contribution is -2.62. The van der Waals surface area contributed by atoms with Crippen LogP contribution in [0.3, 0.4) is 0 Å². The summed E-state index contributed by atoms with van der Waals surface area (Å²) in [6, 6.07) is 6.49. The Hall–Kier alpha value is -0.280. The average molecular weight is 315 g/mol. The van der Waals surface area contributed by atoms with E-state index >= 15 is 0 Å². The number of nitrogens with one attached hydrogen (secondary N) is 1. The Bertz CT molecular complexity index is 472. The van der Waals surface area contributed by atoms with Crippen LogP contribution in [0.25, 0.3) is 0 Å². The Morgan fingerprint density at radius 3 is 2.60 bits per heavy atom. The molecule has 1 saturated heterocycles. The van der Waals surface area contributed by atoms with Crippen molar-refractivity contribution in [3.05, 3.63) is 33.8 Å². The van der Waals surface area contributed by atoms with E-state index < -0.39 is 0 Å². The molecule has 1 aliphatic heterocycles. The van der Waals surface area contributed by atoms with Gasteiger partial charge in [0, 0.05) is 31.2 Å². The highest BCUT2D eigenvalue weighted by Gasteiger charge is 2.33. The lowest BCUT2D eigenvalue weighted by molar-refractivity contribution is 0.0627. The van der Waals surface area contributed by atoms with E-state index in [1.165, 1.54) is 5.56 Å². The van der Waals surface area contributed by atoms with Crippen LogP contribution in [0.2, 0.25) is 10.0 Å². The Morgan fingerprint density at radius 1 is 1.30 bits per heavy atom. The summed E-state index contributed by atoms with van der Waals surface area (Å²) >= 11 is 12.1. The monoisotopic (exact) mass is 314 g/mol. The maximum Gasteiger partial charge on any atom is 0.0595 e. The molecule has 0 radical (unpaired) electrons. The molecule has 0 aromatic heterocycles. The van der Waals surface area contributed by atoms with Crippen LogP contribution in [0, 0.1) is 5.92 Å². The van der Waals surface area contributed by atoms with E-state index in [-0.39, 0.29) is 5.54 Å². The Kier molecular flexibility index (Phi) is 5.01. The lowest BCUT2D eigenvalue weighted by Gasteiger charge is -2.46. The van der Waals surface area contributed by atoms with Crippen LogP contribution in [0.4, 0.5) is 0 Å². The lowest BCUT2D eigenvalue weighted by atomic mass is 9.92. The van der Waals surface area contributed by atoms with Crippen LogP contribution in [0.15, 0.2) is 18.2 Å². The molecule has 1 fully saturated rings. The third kappa shape index (κ3) is 3.88. The Balaban J connectivity index is 2.16. The van der Waals surface area contributed by atoms with E-state index in [4.69, 9.17) is 23.2 Å². The normalized spacial score (nSPS) is 23.2. The fraction of sp³-hybridized carbons (Fsp3) is 0.625. The third-order valence-electron chi connectivity index (χ3n) is 4.00. The van der Waals surface area contributed by atoms with Gasteiger partial charge in [0.05, 0.1) is 10.0 Å². The van der Waals surface area contributed by atoms with E-state index in [0.29, 0.717) is 22.0 Å². The molecule has 1 aromatic rings. The summed E-state index contributed by atoms with van der Waals surface area (Å²) in [4.78, 5) is 2.56. The SMILES string of the molecule is CC(C)C1CNC(C)(C)CN1Cc1ccc(Cl)c(Cl)c1. The molecule has 2 nitrogen and oxygen atoms in total. The number of halogens is 2. The highest BCUT2D eigenvalue weighted by Crippen LogP contribution is 2.26. The molecular formula is C16H24Cl2N2. The summed E-state index contributed by atoms with van der Waals surface area (Å²) in [5.74, 6) is 0.626. The van der Waals surface area contributed by atoms with Crippen LogP contribution in [-0.4, -0.2) is 29.6 Å². The highest BCUT2D eigenvalue weighted by atomic mass is 35.5. The van der Waals surface area contributed by atoms with Crippen LogP contribution in [0.5, 0.6) is 0 Å². The number of rotatable bonds is 3. The molecular weight excluding hydrogens is 291 g/mol. The minimum absolute atomic E-state index is 0.154. The van der Waals surface area contributed by atoms with Gasteiger partial charge in [-0.1, -0.05) is 43.1 Å². The summed E-state index contributed by atoms with van der Waals surface area (Å²) in [7, 11) is 0. The minimum atomic E-state index is 0.154. The quantitative estimate of drug-likeness (QED) is 0.899. The zero-order chi connectivity index (χ0) is 14.9. The average Bonchev–Trinajstić information content (AvgIpc) is 2.32. The van der Waals surface area contributed by atoms with Gasteiger partial charge in [0.25, 0.3) is 0 Å². The van der Waals surface area contributed by atoms with Crippen molar-refractivity contribution in [3.63, 3.8) is 0 Å². The van der Waals surface area contributed by atoms with Crippen molar-refractivity contribution < 1.29 is 0 Å². The van der Waals surface area contributed by atoms with Gasteiger partial charge in [-0.3, -0.25) is 4.90 Å². The van der Waals surface area contributed by atoms with Crippen LogP contribution in [-0.2, 0) is 6.54 Å². The summed E-state index contributed by atoms with van der Waals surface area (Å²) < 4.78 is 0. The second kappa shape index (κ2) is 6.23. The topological polar surface area (TPSA) is 15.3 Å². The van der Waals surface area contributed by atoms with Gasteiger partial charge in [-0.25, -0.2) is 0 Å². The standard InChI is InChI=1S/C16H24Cl2N2/c1-11(2)15-8-19-16(3,4)10-20(15)9-12-5-6-13(17)14(18)7-12/h5-7,11,15,19H,8-10H2,1-4H3. The van der Waals surface area contributed by atoms with Gasteiger partial charge in [0.1, 0.15) is 0 Å². The highest BCUT2D eigenvalue weighted by molar-refractivity contribution is 6.42. The Morgan fingerprint density at radius 2 is 2.00 bits per heavy atom. The zero-order valence-corrected chi connectivity index (χ0v) is 14.2. The number of piperazine rings is 1. The first-order valence-corrected chi connectivity index (χ1v) is 7.97. The van der Waals surface area contributed by atoms with Gasteiger partial charge in [-0.15, -0.1) is 0 Å². The molecule has 1 N–H and O–H groups in total. The van der Waals surface area contributed by atoms with Crippen molar-refractivity contribution in [1.29, 1.82) is 0 Å². The third-order valence-corrected chi connectivity index (χ3v) is 4.74. The summed E-state index contributed by atoms with van der Waals surface area (Å²) in [5, 5.41) is 4.90. The zero-order valence-electron chi connectivity index (χ0n) is 12.7. The van der Waals surface area contributed by atoms with Gasteiger partial charge in [0.15, 0.2) is 0 Å². The van der Waals surface area contributed by atoms with Crippen LogP contribution < -0.4 is 5.32 Å². The second-order valence-electron chi connectivity index (χ2n) is 6.73. The molecule has 1 atom stereocenters. The number of hydrogen-bond acceptors (Lipinski definition) is 2. The first kappa shape index (κ1) is 16.1. The van der Waals surface area contributed by atoms with Crippen molar-refractivity contribution in [2.75, 3.05) is 13.1 Å². The smallest absolute Gasteiger partial charge is 0.0595 e. The van der Waals surface area contributed by atoms with E-state index in [9.17, 15) is 0 Å². The van der Waals surface area contributed by atoms with Gasteiger partial charge in [-0.2, -0.15) is 0 Å².